The summed E-state index contributed by atoms with van der Waals surface area (Å²) in [6, 6.07) is 13.4. The second-order valence-electron chi connectivity index (χ2n) is 10.2. The predicted molar refractivity (Wildman–Crippen MR) is 156 cm³/mol. The maximum atomic E-state index is 10.8. The molecular formula is C29H44O7PS+. The zero-order valence-electron chi connectivity index (χ0n) is 23.1. The summed E-state index contributed by atoms with van der Waals surface area (Å²) in [5, 5.41) is 17.2. The van der Waals surface area contributed by atoms with Gasteiger partial charge in [-0.15, -0.1) is 0 Å². The molecule has 3 N–H and O–H groups in total. The Bertz CT molecular complexity index is 1070. The minimum Gasteiger partial charge on any atom is -0.478 e. The van der Waals surface area contributed by atoms with E-state index in [1.165, 1.54) is 63.2 Å². The average molecular weight is 568 g/mol. The van der Waals surface area contributed by atoms with Gasteiger partial charge in [0.25, 0.3) is 10.1 Å². The number of benzene rings is 2. The monoisotopic (exact) mass is 567 g/mol. The third-order valence-electron chi connectivity index (χ3n) is 6.45. The summed E-state index contributed by atoms with van der Waals surface area (Å²) in [4.78, 5) is 20.4. The summed E-state index contributed by atoms with van der Waals surface area (Å²) >= 11 is 0. The Morgan fingerprint density at radius 3 is 1.68 bits per heavy atom. The van der Waals surface area contributed by atoms with E-state index in [-0.39, 0.29) is 0 Å². The van der Waals surface area contributed by atoms with Crippen LogP contribution in [0.4, 0.5) is 0 Å². The Kier molecular flexibility index (Phi) is 14.8. The molecule has 0 amide bonds. The van der Waals surface area contributed by atoms with Crippen LogP contribution in [-0.2, 0) is 16.3 Å². The van der Waals surface area contributed by atoms with Gasteiger partial charge in [-0.3, -0.25) is 4.55 Å². The molecule has 0 radical (unpaired) electrons. The highest BCUT2D eigenvalue weighted by Crippen LogP contribution is 2.63. The molecule has 0 saturated heterocycles. The lowest BCUT2D eigenvalue weighted by molar-refractivity contribution is 0.0696. The number of hydrogen-bond acceptors (Lipinski definition) is 4. The fraction of sp³-hybridized carbons (Fsp3) is 0.517. The van der Waals surface area contributed by atoms with E-state index in [0.29, 0.717) is 12.1 Å². The summed E-state index contributed by atoms with van der Waals surface area (Å²) in [7, 11) is -5.45. The molecular weight excluding hydrogens is 523 g/mol. The second kappa shape index (κ2) is 16.6. The van der Waals surface area contributed by atoms with Gasteiger partial charge in [0.2, 0.25) is 0 Å². The zero-order valence-corrected chi connectivity index (χ0v) is 24.8. The van der Waals surface area contributed by atoms with Crippen molar-refractivity contribution in [3.63, 3.8) is 0 Å². The number of hydrogen-bond donors (Lipinski definition) is 3. The van der Waals surface area contributed by atoms with E-state index in [1.54, 1.807) is 5.56 Å². The number of aromatic carboxylic acids is 2. The quantitative estimate of drug-likeness (QED) is 0.149. The predicted octanol–water partition coefficient (Wildman–Crippen LogP) is 7.57. The Morgan fingerprint density at radius 1 is 0.816 bits per heavy atom. The van der Waals surface area contributed by atoms with E-state index in [1.807, 2.05) is 0 Å². The van der Waals surface area contributed by atoms with E-state index in [0.717, 1.165) is 12.0 Å². The minimum absolute atomic E-state index is 0.535. The first-order chi connectivity index (χ1) is 17.8. The van der Waals surface area contributed by atoms with Gasteiger partial charge in [-0.25, -0.2) is 9.59 Å². The SMILES string of the molecule is CCCC[P+](CCCC)(CCCC(C)C)Cc1ccccc1.O=C(O)c1cc(C(=O)O)cc(S(=O)(=O)O)c1. The highest BCUT2D eigenvalue weighted by atomic mass is 32.2. The van der Waals surface area contributed by atoms with Gasteiger partial charge in [0, 0.05) is 7.26 Å². The van der Waals surface area contributed by atoms with Gasteiger partial charge in [-0.05, 0) is 55.4 Å². The summed E-state index contributed by atoms with van der Waals surface area (Å²) in [5.74, 6) is -2.13. The minimum atomic E-state index is -4.64. The van der Waals surface area contributed by atoms with Crippen molar-refractivity contribution in [2.75, 3.05) is 18.5 Å². The molecule has 0 heterocycles. The summed E-state index contributed by atoms with van der Waals surface area (Å²) in [6.07, 6.45) is 14.4. The molecule has 2 aromatic carbocycles. The molecule has 0 aliphatic carbocycles. The Hall–Kier alpha value is -2.28. The molecule has 0 aromatic heterocycles. The van der Waals surface area contributed by atoms with E-state index >= 15 is 0 Å². The van der Waals surface area contributed by atoms with Crippen LogP contribution in [0, 0.1) is 5.92 Å². The van der Waals surface area contributed by atoms with Gasteiger partial charge in [-0.2, -0.15) is 8.42 Å². The molecule has 0 unspecified atom stereocenters. The van der Waals surface area contributed by atoms with Crippen LogP contribution in [0.2, 0.25) is 0 Å². The fourth-order valence-corrected chi connectivity index (χ4v) is 9.87. The second-order valence-corrected chi connectivity index (χ2v) is 16.0. The van der Waals surface area contributed by atoms with Crippen molar-refractivity contribution < 1.29 is 32.8 Å². The average Bonchev–Trinajstić information content (AvgIpc) is 2.86. The molecule has 0 aliphatic rings. The lowest BCUT2D eigenvalue weighted by Gasteiger charge is -2.28. The standard InChI is InChI=1S/C21H38P.C8H6O7S/c1-5-7-16-22(17-8-6-2,18-12-13-20(3)4)19-21-14-10-9-11-15-21;9-7(10)4-1-5(8(11)12)3-6(2-4)16(13,14)15/h9-11,14-15,20H,5-8,12-13,16-19H2,1-4H3;1-3H,(H,9,10)(H,11,12)(H,13,14,15)/q+1;. The lowest BCUT2D eigenvalue weighted by atomic mass is 10.1. The van der Waals surface area contributed by atoms with Crippen LogP contribution in [0.3, 0.4) is 0 Å². The van der Waals surface area contributed by atoms with Gasteiger partial charge in [0.1, 0.15) is 0 Å². The number of rotatable bonds is 15. The Balaban J connectivity index is 0.000000399. The number of carboxylic acid groups (broad SMARTS) is 2. The molecule has 0 bridgehead atoms. The van der Waals surface area contributed by atoms with Crippen LogP contribution in [0.15, 0.2) is 53.4 Å². The van der Waals surface area contributed by atoms with Crippen molar-refractivity contribution in [3.05, 3.63) is 65.2 Å². The van der Waals surface area contributed by atoms with Gasteiger partial charge in [0.05, 0.1) is 40.7 Å². The summed E-state index contributed by atoms with van der Waals surface area (Å²) in [5.41, 5.74) is 0.521. The van der Waals surface area contributed by atoms with Gasteiger partial charge in [0.15, 0.2) is 0 Å². The third-order valence-corrected chi connectivity index (χ3v) is 12.1. The summed E-state index contributed by atoms with van der Waals surface area (Å²) in [6.45, 7) is 9.45. The lowest BCUT2D eigenvalue weighted by Crippen LogP contribution is -2.12. The van der Waals surface area contributed by atoms with Gasteiger partial charge in [-0.1, -0.05) is 70.9 Å². The highest BCUT2D eigenvalue weighted by molar-refractivity contribution is 7.85. The molecule has 2 rings (SSSR count). The molecule has 0 atom stereocenters. The maximum Gasteiger partial charge on any atom is 0.335 e. The van der Waals surface area contributed by atoms with E-state index in [9.17, 15) is 18.0 Å². The molecule has 38 heavy (non-hydrogen) atoms. The largest absolute Gasteiger partial charge is 0.478 e. The van der Waals surface area contributed by atoms with Crippen molar-refractivity contribution in [2.45, 2.75) is 77.3 Å². The number of carboxylic acids is 2. The topological polar surface area (TPSA) is 129 Å². The molecule has 212 valence electrons. The molecule has 2 aromatic rings. The number of unbranched alkanes of at least 4 members (excludes halogenated alkanes) is 2. The van der Waals surface area contributed by atoms with Crippen LogP contribution in [0.1, 0.15) is 92.5 Å². The molecule has 9 heteroatoms. The van der Waals surface area contributed by atoms with Crippen LogP contribution < -0.4 is 0 Å². The first-order valence-corrected chi connectivity index (χ1v) is 17.3. The van der Waals surface area contributed by atoms with Gasteiger partial charge >= 0.3 is 11.9 Å². The van der Waals surface area contributed by atoms with Gasteiger partial charge < -0.3 is 10.2 Å². The Labute approximate surface area is 228 Å². The molecule has 0 spiro atoms. The van der Waals surface area contributed by atoms with E-state index < -0.39 is 45.3 Å². The normalized spacial score (nSPS) is 11.6. The molecule has 7 nitrogen and oxygen atoms in total. The molecule has 0 saturated carbocycles. The number of carbonyl (C=O) groups is 2. The van der Waals surface area contributed by atoms with Crippen LogP contribution >= 0.6 is 7.26 Å². The molecule has 0 fully saturated rings. The molecule has 0 aliphatic heterocycles. The summed E-state index contributed by atoms with van der Waals surface area (Å²) < 4.78 is 30.2. The van der Waals surface area contributed by atoms with Crippen LogP contribution in [0.25, 0.3) is 0 Å². The van der Waals surface area contributed by atoms with Crippen molar-refractivity contribution in [3.8, 4) is 0 Å². The van der Waals surface area contributed by atoms with Crippen molar-refractivity contribution >= 4 is 29.3 Å². The smallest absolute Gasteiger partial charge is 0.335 e. The Morgan fingerprint density at radius 2 is 1.29 bits per heavy atom. The van der Waals surface area contributed by atoms with E-state index in [4.69, 9.17) is 14.8 Å². The zero-order chi connectivity index (χ0) is 28.8. The van der Waals surface area contributed by atoms with Crippen molar-refractivity contribution in [1.82, 2.24) is 0 Å². The van der Waals surface area contributed by atoms with Crippen molar-refractivity contribution in [2.24, 2.45) is 5.92 Å². The van der Waals surface area contributed by atoms with E-state index in [2.05, 4.69) is 58.0 Å². The van der Waals surface area contributed by atoms with Crippen LogP contribution in [-0.4, -0.2) is 53.6 Å². The highest BCUT2D eigenvalue weighted by Gasteiger charge is 2.35. The van der Waals surface area contributed by atoms with Crippen molar-refractivity contribution in [1.29, 1.82) is 0 Å². The first kappa shape index (κ1) is 33.7. The first-order valence-electron chi connectivity index (χ1n) is 13.3. The fourth-order valence-electron chi connectivity index (χ4n) is 4.36. The van der Waals surface area contributed by atoms with Crippen LogP contribution in [0.5, 0.6) is 0 Å². The maximum absolute atomic E-state index is 10.8. The third kappa shape index (κ3) is 12.5.